The van der Waals surface area contributed by atoms with E-state index >= 15 is 0 Å². The molecule has 1 heterocycles. The van der Waals surface area contributed by atoms with E-state index in [2.05, 4.69) is 11.8 Å². The Hall–Kier alpha value is -1.75. The summed E-state index contributed by atoms with van der Waals surface area (Å²) in [6, 6.07) is 5.05. The third kappa shape index (κ3) is 2.88. The van der Waals surface area contributed by atoms with Gasteiger partial charge in [0, 0.05) is 26.3 Å². The summed E-state index contributed by atoms with van der Waals surface area (Å²) in [7, 11) is 3.28. The highest BCUT2D eigenvalue weighted by molar-refractivity contribution is 5.95. The monoisotopic (exact) mass is 279 g/mol. The lowest BCUT2D eigenvalue weighted by molar-refractivity contribution is -0.00473. The maximum absolute atomic E-state index is 11.4. The first kappa shape index (κ1) is 14.7. The summed E-state index contributed by atoms with van der Waals surface area (Å²) in [5.74, 6) is -0.262. The molecule has 1 saturated heterocycles. The van der Waals surface area contributed by atoms with Crippen molar-refractivity contribution in [1.29, 1.82) is 0 Å². The van der Waals surface area contributed by atoms with Crippen LogP contribution in [0.15, 0.2) is 18.2 Å². The average molecular weight is 279 g/mol. The van der Waals surface area contributed by atoms with Crippen LogP contribution in [0.1, 0.15) is 30.1 Å². The molecular formula is C15H21NO4. The molecule has 0 amide bonds. The van der Waals surface area contributed by atoms with E-state index in [1.54, 1.807) is 32.4 Å². The van der Waals surface area contributed by atoms with E-state index in [0.717, 1.165) is 19.4 Å². The topological polar surface area (TPSA) is 59.0 Å². The Morgan fingerprint density at radius 3 is 2.75 bits per heavy atom. The molecule has 0 radical (unpaired) electrons. The Labute approximate surface area is 119 Å². The zero-order valence-electron chi connectivity index (χ0n) is 12.2. The number of hydrogen-bond donors (Lipinski definition) is 1. The number of methoxy groups -OCH3 is 2. The Kier molecular flexibility index (Phi) is 4.18. The third-order valence-electron chi connectivity index (χ3n) is 3.93. The first-order valence-corrected chi connectivity index (χ1v) is 6.70. The highest BCUT2D eigenvalue weighted by Gasteiger charge is 2.32. The Morgan fingerprint density at radius 1 is 1.40 bits per heavy atom. The largest absolute Gasteiger partial charge is 0.497 e. The van der Waals surface area contributed by atoms with Gasteiger partial charge in [0.2, 0.25) is 0 Å². The molecule has 5 heteroatoms. The second-order valence-corrected chi connectivity index (χ2v) is 5.37. The van der Waals surface area contributed by atoms with Crippen molar-refractivity contribution in [2.75, 3.05) is 32.2 Å². The minimum Gasteiger partial charge on any atom is -0.497 e. The molecule has 1 atom stereocenters. The molecule has 5 nitrogen and oxygen atoms in total. The van der Waals surface area contributed by atoms with Crippen molar-refractivity contribution in [3.63, 3.8) is 0 Å². The highest BCUT2D eigenvalue weighted by atomic mass is 16.5. The lowest BCUT2D eigenvalue weighted by atomic mass is 9.93. The van der Waals surface area contributed by atoms with Crippen LogP contribution in [-0.4, -0.2) is 44.0 Å². The van der Waals surface area contributed by atoms with Crippen molar-refractivity contribution < 1.29 is 19.4 Å². The molecule has 1 N–H and O–H groups in total. The lowest BCUT2D eigenvalue weighted by Crippen LogP contribution is -2.47. The second-order valence-electron chi connectivity index (χ2n) is 5.37. The number of hydrogen-bond acceptors (Lipinski definition) is 4. The molecule has 0 saturated carbocycles. The molecule has 1 aromatic rings. The molecule has 110 valence electrons. The van der Waals surface area contributed by atoms with E-state index in [1.807, 2.05) is 0 Å². The Morgan fingerprint density at radius 2 is 2.15 bits per heavy atom. The van der Waals surface area contributed by atoms with E-state index in [9.17, 15) is 9.90 Å². The number of piperidine rings is 1. The number of carboxylic acids is 1. The van der Waals surface area contributed by atoms with Crippen LogP contribution >= 0.6 is 0 Å². The number of ether oxygens (including phenoxy) is 2. The fourth-order valence-corrected chi connectivity index (χ4v) is 2.66. The van der Waals surface area contributed by atoms with E-state index < -0.39 is 5.97 Å². The minimum absolute atomic E-state index is 0.239. The van der Waals surface area contributed by atoms with E-state index in [4.69, 9.17) is 9.47 Å². The zero-order chi connectivity index (χ0) is 14.8. The van der Waals surface area contributed by atoms with Crippen LogP contribution in [0, 0.1) is 0 Å². The number of carboxylic acid groups (broad SMARTS) is 1. The second kappa shape index (κ2) is 5.71. The third-order valence-corrected chi connectivity index (χ3v) is 3.93. The molecule has 0 spiro atoms. The van der Waals surface area contributed by atoms with Gasteiger partial charge in [0.25, 0.3) is 0 Å². The van der Waals surface area contributed by atoms with Gasteiger partial charge in [-0.25, -0.2) is 4.79 Å². The standard InChI is InChI=1S/C15H21NO4/c1-15(20-3)7-4-8-16(10-15)13-9-11(19-2)5-6-12(13)14(17)18/h5-6,9H,4,7-8,10H2,1-3H3,(H,17,18). The summed E-state index contributed by atoms with van der Waals surface area (Å²) in [6.45, 7) is 3.56. The van der Waals surface area contributed by atoms with Crippen molar-refractivity contribution in [2.45, 2.75) is 25.4 Å². The van der Waals surface area contributed by atoms with E-state index in [1.165, 1.54) is 0 Å². The highest BCUT2D eigenvalue weighted by Crippen LogP contribution is 2.32. The van der Waals surface area contributed by atoms with Crippen molar-refractivity contribution in [1.82, 2.24) is 0 Å². The molecule has 1 aliphatic heterocycles. The SMILES string of the molecule is COc1ccc(C(=O)O)c(N2CCCC(C)(OC)C2)c1. The van der Waals surface area contributed by atoms with Crippen molar-refractivity contribution in [3.8, 4) is 5.75 Å². The van der Waals surface area contributed by atoms with Crippen LogP contribution < -0.4 is 9.64 Å². The fraction of sp³-hybridized carbons (Fsp3) is 0.533. The number of carbonyl (C=O) groups is 1. The Balaban J connectivity index is 2.37. The quantitative estimate of drug-likeness (QED) is 0.917. The van der Waals surface area contributed by atoms with Gasteiger partial charge in [-0.3, -0.25) is 0 Å². The van der Waals surface area contributed by atoms with Crippen molar-refractivity contribution in [3.05, 3.63) is 23.8 Å². The molecule has 1 unspecified atom stereocenters. The van der Waals surface area contributed by atoms with Crippen molar-refractivity contribution in [2.24, 2.45) is 0 Å². The van der Waals surface area contributed by atoms with Crippen LogP contribution in [-0.2, 0) is 4.74 Å². The fourth-order valence-electron chi connectivity index (χ4n) is 2.66. The molecule has 1 fully saturated rings. The van der Waals surface area contributed by atoms with Crippen molar-refractivity contribution >= 4 is 11.7 Å². The minimum atomic E-state index is -0.924. The number of rotatable bonds is 4. The summed E-state index contributed by atoms with van der Waals surface area (Å²) in [5.41, 5.74) is 0.753. The van der Waals surface area contributed by atoms with Gasteiger partial charge < -0.3 is 19.5 Å². The predicted molar refractivity (Wildman–Crippen MR) is 76.8 cm³/mol. The summed E-state index contributed by atoms with van der Waals surface area (Å²) >= 11 is 0. The number of anilines is 1. The molecule has 0 aliphatic carbocycles. The molecule has 20 heavy (non-hydrogen) atoms. The molecule has 1 aliphatic rings. The van der Waals surface area contributed by atoms with Crippen LogP contribution in [0.2, 0.25) is 0 Å². The number of nitrogens with zero attached hydrogens (tertiary/aromatic N) is 1. The lowest BCUT2D eigenvalue weighted by Gasteiger charge is -2.41. The van der Waals surface area contributed by atoms with Crippen LogP contribution in [0.3, 0.4) is 0 Å². The summed E-state index contributed by atoms with van der Waals surface area (Å²) in [6.07, 6.45) is 1.95. The maximum atomic E-state index is 11.4. The first-order valence-electron chi connectivity index (χ1n) is 6.70. The van der Waals surface area contributed by atoms with Gasteiger partial charge in [-0.1, -0.05) is 0 Å². The van der Waals surface area contributed by atoms with Gasteiger partial charge >= 0.3 is 5.97 Å². The summed E-state index contributed by atoms with van der Waals surface area (Å²) < 4.78 is 10.8. The molecule has 0 aromatic heterocycles. The van der Waals surface area contributed by atoms with Gasteiger partial charge in [0.15, 0.2) is 0 Å². The van der Waals surface area contributed by atoms with Crippen LogP contribution in [0.25, 0.3) is 0 Å². The van der Waals surface area contributed by atoms with E-state index in [0.29, 0.717) is 23.5 Å². The number of benzene rings is 1. The van der Waals surface area contributed by atoms with Crippen LogP contribution in [0.4, 0.5) is 5.69 Å². The van der Waals surface area contributed by atoms with Crippen LogP contribution in [0.5, 0.6) is 5.75 Å². The zero-order valence-corrected chi connectivity index (χ0v) is 12.2. The van der Waals surface area contributed by atoms with Gasteiger partial charge in [-0.05, 0) is 31.9 Å². The normalized spacial score (nSPS) is 22.6. The smallest absolute Gasteiger partial charge is 0.337 e. The van der Waals surface area contributed by atoms with E-state index in [-0.39, 0.29) is 5.60 Å². The predicted octanol–water partition coefficient (Wildman–Crippen LogP) is 2.40. The molecule has 1 aromatic carbocycles. The van der Waals surface area contributed by atoms with Gasteiger partial charge in [0.05, 0.1) is 24.0 Å². The first-order chi connectivity index (χ1) is 9.49. The maximum Gasteiger partial charge on any atom is 0.337 e. The Bertz CT molecular complexity index is 503. The van der Waals surface area contributed by atoms with Gasteiger partial charge in [-0.2, -0.15) is 0 Å². The average Bonchev–Trinajstić information content (AvgIpc) is 2.46. The number of aromatic carboxylic acids is 1. The van der Waals surface area contributed by atoms with Gasteiger partial charge in [0.1, 0.15) is 5.75 Å². The molecular weight excluding hydrogens is 258 g/mol. The summed E-state index contributed by atoms with van der Waals surface area (Å²) in [4.78, 5) is 13.5. The molecule has 2 rings (SSSR count). The van der Waals surface area contributed by atoms with Gasteiger partial charge in [-0.15, -0.1) is 0 Å². The summed E-state index contributed by atoms with van der Waals surface area (Å²) in [5, 5.41) is 9.35. The molecule has 0 bridgehead atoms.